The summed E-state index contributed by atoms with van der Waals surface area (Å²) in [5.41, 5.74) is 0. The normalized spacial score (nSPS) is 9.92. The first-order chi connectivity index (χ1) is 5.70. The van der Waals surface area contributed by atoms with Crippen molar-refractivity contribution in [3.05, 3.63) is 16.6 Å². The predicted molar refractivity (Wildman–Crippen MR) is 54.1 cm³/mol. The van der Waals surface area contributed by atoms with Crippen LogP contribution < -0.4 is 4.74 Å². The predicted octanol–water partition coefficient (Wildman–Crippen LogP) is 2.89. The number of phenols is 1. The first-order valence-electron chi connectivity index (χ1n) is 3.30. The second kappa shape index (κ2) is 4.05. The highest BCUT2D eigenvalue weighted by Gasteiger charge is 2.09. The maximum atomic E-state index is 9.40. The van der Waals surface area contributed by atoms with Crippen LogP contribution in [0.2, 0.25) is 0 Å². The first kappa shape index (κ1) is 9.74. The monoisotopic (exact) mass is 248 g/mol. The Morgan fingerprint density at radius 1 is 1.50 bits per heavy atom. The number of aromatic hydroxyl groups is 1. The SMILES string of the molecule is COc1ccc(O)c(SC)c1Br. The standard InChI is InChI=1S/C8H9BrO2S/c1-11-6-4-3-5(10)8(12-2)7(6)9/h3-4,10H,1-2H3. The van der Waals surface area contributed by atoms with Crippen molar-refractivity contribution >= 4 is 27.7 Å². The van der Waals surface area contributed by atoms with E-state index in [-0.39, 0.29) is 5.75 Å². The lowest BCUT2D eigenvalue weighted by Crippen LogP contribution is -1.85. The van der Waals surface area contributed by atoms with Gasteiger partial charge in [-0.25, -0.2) is 0 Å². The molecule has 0 radical (unpaired) electrons. The second-order valence-corrected chi connectivity index (χ2v) is 3.74. The molecular weight excluding hydrogens is 240 g/mol. The molecule has 4 heteroatoms. The average Bonchev–Trinajstić information content (AvgIpc) is 2.06. The maximum absolute atomic E-state index is 9.40. The second-order valence-electron chi connectivity index (χ2n) is 2.13. The minimum atomic E-state index is 0.273. The molecule has 1 aromatic carbocycles. The summed E-state index contributed by atoms with van der Waals surface area (Å²) in [6.07, 6.45) is 1.90. The largest absolute Gasteiger partial charge is 0.507 e. The molecule has 0 saturated heterocycles. The van der Waals surface area contributed by atoms with Gasteiger partial charge in [-0.05, 0) is 34.3 Å². The summed E-state index contributed by atoms with van der Waals surface area (Å²) in [4.78, 5) is 0.800. The molecule has 0 bridgehead atoms. The Hall–Kier alpha value is -0.350. The third-order valence-corrected chi connectivity index (χ3v) is 3.34. The van der Waals surface area contributed by atoms with E-state index in [4.69, 9.17) is 4.74 Å². The van der Waals surface area contributed by atoms with E-state index >= 15 is 0 Å². The molecule has 0 unspecified atom stereocenters. The topological polar surface area (TPSA) is 29.5 Å². The van der Waals surface area contributed by atoms with Crippen LogP contribution in [0.25, 0.3) is 0 Å². The lowest BCUT2D eigenvalue weighted by atomic mass is 10.3. The number of phenolic OH excluding ortho intramolecular Hbond substituents is 1. The van der Waals surface area contributed by atoms with Crippen molar-refractivity contribution in [3.63, 3.8) is 0 Å². The number of halogens is 1. The number of ether oxygens (including phenoxy) is 1. The van der Waals surface area contributed by atoms with Gasteiger partial charge in [0.05, 0.1) is 16.5 Å². The fraction of sp³-hybridized carbons (Fsp3) is 0.250. The highest BCUT2D eigenvalue weighted by Crippen LogP contribution is 2.39. The molecule has 0 fully saturated rings. The van der Waals surface area contributed by atoms with E-state index in [0.717, 1.165) is 15.1 Å². The van der Waals surface area contributed by atoms with Gasteiger partial charge in [0.2, 0.25) is 0 Å². The van der Waals surface area contributed by atoms with Gasteiger partial charge in [-0.1, -0.05) is 0 Å². The number of methoxy groups -OCH3 is 1. The molecule has 0 amide bonds. The van der Waals surface area contributed by atoms with E-state index in [1.807, 2.05) is 6.26 Å². The minimum absolute atomic E-state index is 0.273. The molecule has 0 saturated carbocycles. The van der Waals surface area contributed by atoms with Crippen LogP contribution in [0.3, 0.4) is 0 Å². The van der Waals surface area contributed by atoms with Gasteiger partial charge in [-0.2, -0.15) is 0 Å². The van der Waals surface area contributed by atoms with Crippen molar-refractivity contribution < 1.29 is 9.84 Å². The van der Waals surface area contributed by atoms with Crippen molar-refractivity contribution in [2.45, 2.75) is 4.90 Å². The fourth-order valence-corrected chi connectivity index (χ4v) is 2.42. The lowest BCUT2D eigenvalue weighted by molar-refractivity contribution is 0.405. The third kappa shape index (κ3) is 1.69. The molecule has 0 atom stereocenters. The van der Waals surface area contributed by atoms with Crippen LogP contribution in [0.4, 0.5) is 0 Å². The summed E-state index contributed by atoms with van der Waals surface area (Å²) < 4.78 is 5.87. The molecule has 0 aliphatic rings. The molecule has 0 aliphatic heterocycles. The van der Waals surface area contributed by atoms with Crippen LogP contribution in [-0.4, -0.2) is 18.5 Å². The molecule has 1 aromatic rings. The third-order valence-electron chi connectivity index (χ3n) is 1.46. The Bertz CT molecular complexity index is 289. The van der Waals surface area contributed by atoms with E-state index in [0.29, 0.717) is 0 Å². The van der Waals surface area contributed by atoms with E-state index in [1.165, 1.54) is 11.8 Å². The number of thioether (sulfide) groups is 1. The summed E-state index contributed by atoms with van der Waals surface area (Å²) in [6.45, 7) is 0. The van der Waals surface area contributed by atoms with Gasteiger partial charge in [0, 0.05) is 0 Å². The van der Waals surface area contributed by atoms with Crippen LogP contribution in [0.5, 0.6) is 11.5 Å². The number of hydrogen-bond donors (Lipinski definition) is 1. The number of benzene rings is 1. The minimum Gasteiger partial charge on any atom is -0.507 e. The average molecular weight is 249 g/mol. The van der Waals surface area contributed by atoms with Crippen molar-refractivity contribution in [1.82, 2.24) is 0 Å². The Kier molecular flexibility index (Phi) is 3.29. The summed E-state index contributed by atoms with van der Waals surface area (Å²) in [5, 5.41) is 9.40. The summed E-state index contributed by atoms with van der Waals surface area (Å²) in [7, 11) is 1.60. The van der Waals surface area contributed by atoms with Gasteiger partial charge < -0.3 is 9.84 Å². The van der Waals surface area contributed by atoms with Crippen molar-refractivity contribution in [1.29, 1.82) is 0 Å². The van der Waals surface area contributed by atoms with Gasteiger partial charge in [0.1, 0.15) is 11.5 Å². The van der Waals surface area contributed by atoms with Crippen LogP contribution >= 0.6 is 27.7 Å². The zero-order valence-corrected chi connectivity index (χ0v) is 9.20. The van der Waals surface area contributed by atoms with E-state index in [9.17, 15) is 5.11 Å². The van der Waals surface area contributed by atoms with E-state index in [2.05, 4.69) is 15.9 Å². The van der Waals surface area contributed by atoms with Gasteiger partial charge in [-0.3, -0.25) is 0 Å². The Labute approximate surface area is 84.1 Å². The Morgan fingerprint density at radius 3 is 2.67 bits per heavy atom. The van der Waals surface area contributed by atoms with Gasteiger partial charge in [-0.15, -0.1) is 11.8 Å². The fourth-order valence-electron chi connectivity index (χ4n) is 0.880. The molecule has 2 nitrogen and oxygen atoms in total. The lowest BCUT2D eigenvalue weighted by Gasteiger charge is -2.08. The number of rotatable bonds is 2. The zero-order chi connectivity index (χ0) is 9.14. The van der Waals surface area contributed by atoms with Crippen molar-refractivity contribution in [3.8, 4) is 11.5 Å². The first-order valence-corrected chi connectivity index (χ1v) is 5.32. The molecule has 0 heterocycles. The summed E-state index contributed by atoms with van der Waals surface area (Å²) in [6, 6.07) is 3.34. The zero-order valence-electron chi connectivity index (χ0n) is 6.80. The smallest absolute Gasteiger partial charge is 0.134 e. The molecule has 66 valence electrons. The molecule has 0 aromatic heterocycles. The van der Waals surface area contributed by atoms with E-state index in [1.54, 1.807) is 19.2 Å². The number of hydrogen-bond acceptors (Lipinski definition) is 3. The Balaban J connectivity index is 3.24. The van der Waals surface area contributed by atoms with Crippen LogP contribution in [-0.2, 0) is 0 Å². The quantitative estimate of drug-likeness (QED) is 0.817. The highest BCUT2D eigenvalue weighted by molar-refractivity contribution is 9.10. The van der Waals surface area contributed by atoms with Crippen LogP contribution in [0.1, 0.15) is 0 Å². The molecule has 1 rings (SSSR count). The van der Waals surface area contributed by atoms with Crippen LogP contribution in [0, 0.1) is 0 Å². The van der Waals surface area contributed by atoms with Gasteiger partial charge in [0.25, 0.3) is 0 Å². The van der Waals surface area contributed by atoms with Crippen molar-refractivity contribution in [2.75, 3.05) is 13.4 Å². The Morgan fingerprint density at radius 2 is 2.17 bits per heavy atom. The summed E-state index contributed by atoms with van der Waals surface area (Å²) >= 11 is 4.82. The molecule has 0 spiro atoms. The highest BCUT2D eigenvalue weighted by atomic mass is 79.9. The molecule has 0 aliphatic carbocycles. The molecular formula is C8H9BrO2S. The van der Waals surface area contributed by atoms with Gasteiger partial charge >= 0.3 is 0 Å². The molecule has 1 N–H and O–H groups in total. The van der Waals surface area contributed by atoms with E-state index < -0.39 is 0 Å². The maximum Gasteiger partial charge on any atom is 0.134 e. The van der Waals surface area contributed by atoms with Crippen LogP contribution in [0.15, 0.2) is 21.5 Å². The molecule has 12 heavy (non-hydrogen) atoms. The van der Waals surface area contributed by atoms with Crippen molar-refractivity contribution in [2.24, 2.45) is 0 Å². The summed E-state index contributed by atoms with van der Waals surface area (Å²) in [5.74, 6) is 1.01. The van der Waals surface area contributed by atoms with Gasteiger partial charge in [0.15, 0.2) is 0 Å².